The third kappa shape index (κ3) is 5.21. The number of ether oxygens (including phenoxy) is 1. The minimum Gasteiger partial charge on any atom is -0.497 e. The predicted molar refractivity (Wildman–Crippen MR) is 158 cm³/mol. The van der Waals surface area contributed by atoms with Gasteiger partial charge in [-0.3, -0.25) is 4.79 Å². The van der Waals surface area contributed by atoms with E-state index in [-0.39, 0.29) is 17.5 Å². The van der Waals surface area contributed by atoms with Gasteiger partial charge in [0.05, 0.1) is 18.7 Å². The monoisotopic (exact) mass is 532 g/mol. The summed E-state index contributed by atoms with van der Waals surface area (Å²) in [5.41, 5.74) is 7.88. The number of carboxylic acids is 1. The molecule has 5 aromatic rings. The Morgan fingerprint density at radius 1 is 0.925 bits per heavy atom. The van der Waals surface area contributed by atoms with E-state index in [0.717, 1.165) is 44.6 Å². The molecule has 0 aliphatic heterocycles. The summed E-state index contributed by atoms with van der Waals surface area (Å²) in [6.45, 7) is 6.80. The zero-order chi connectivity index (χ0) is 28.4. The van der Waals surface area contributed by atoms with E-state index in [9.17, 15) is 14.7 Å². The highest BCUT2D eigenvalue weighted by molar-refractivity contribution is 5.99. The molecule has 202 valence electrons. The molecule has 1 aromatic heterocycles. The number of aryl methyl sites for hydroxylation is 1. The van der Waals surface area contributed by atoms with E-state index in [4.69, 9.17) is 4.74 Å². The van der Waals surface area contributed by atoms with Gasteiger partial charge in [-0.2, -0.15) is 0 Å². The van der Waals surface area contributed by atoms with E-state index in [1.54, 1.807) is 19.2 Å². The summed E-state index contributed by atoms with van der Waals surface area (Å²) in [4.78, 5) is 24.8. The van der Waals surface area contributed by atoms with Crippen LogP contribution in [0.1, 0.15) is 56.1 Å². The first kappa shape index (κ1) is 26.8. The molecule has 0 spiro atoms. The average Bonchev–Trinajstić information content (AvgIpc) is 3.21. The van der Waals surface area contributed by atoms with Crippen molar-refractivity contribution in [3.63, 3.8) is 0 Å². The maximum atomic E-state index is 13.1. The van der Waals surface area contributed by atoms with Crippen LogP contribution in [0.15, 0.2) is 91.0 Å². The Kier molecular flexibility index (Phi) is 7.43. The number of benzene rings is 4. The Morgan fingerprint density at radius 3 is 2.40 bits per heavy atom. The maximum absolute atomic E-state index is 13.1. The lowest BCUT2D eigenvalue weighted by Crippen LogP contribution is -2.26. The van der Waals surface area contributed by atoms with Crippen LogP contribution in [0, 0.1) is 13.8 Å². The van der Waals surface area contributed by atoms with Crippen LogP contribution in [0.4, 0.5) is 0 Å². The molecule has 0 radical (unpaired) electrons. The van der Waals surface area contributed by atoms with Crippen molar-refractivity contribution in [2.75, 3.05) is 7.11 Å². The van der Waals surface area contributed by atoms with Crippen LogP contribution in [0.3, 0.4) is 0 Å². The molecule has 2 N–H and O–H groups in total. The van der Waals surface area contributed by atoms with E-state index < -0.39 is 5.97 Å². The van der Waals surface area contributed by atoms with Gasteiger partial charge in [-0.15, -0.1) is 0 Å². The van der Waals surface area contributed by atoms with Crippen molar-refractivity contribution in [1.82, 2.24) is 9.88 Å². The van der Waals surface area contributed by atoms with E-state index in [1.807, 2.05) is 85.8 Å². The molecule has 6 nitrogen and oxygen atoms in total. The van der Waals surface area contributed by atoms with Gasteiger partial charge in [0, 0.05) is 28.7 Å². The lowest BCUT2D eigenvalue weighted by atomic mass is 9.99. The zero-order valence-electron chi connectivity index (χ0n) is 23.1. The first-order chi connectivity index (χ1) is 19.3. The van der Waals surface area contributed by atoms with Gasteiger partial charge in [-0.1, -0.05) is 54.6 Å². The highest BCUT2D eigenvalue weighted by Gasteiger charge is 2.17. The Bertz CT molecular complexity index is 1720. The van der Waals surface area contributed by atoms with Crippen molar-refractivity contribution in [2.24, 2.45) is 0 Å². The van der Waals surface area contributed by atoms with E-state index in [1.165, 1.54) is 0 Å². The van der Waals surface area contributed by atoms with Gasteiger partial charge in [-0.25, -0.2) is 4.79 Å². The zero-order valence-corrected chi connectivity index (χ0v) is 23.1. The smallest absolute Gasteiger partial charge is 0.336 e. The number of fused-ring (bicyclic) bond motifs is 1. The molecular weight excluding hydrogens is 500 g/mol. The number of carbonyl (C=O) groups excluding carboxylic acids is 1. The molecule has 0 bridgehead atoms. The number of aromatic nitrogens is 1. The summed E-state index contributed by atoms with van der Waals surface area (Å²) < 4.78 is 7.57. The number of carboxylic acid groups (broad SMARTS) is 1. The number of hydrogen-bond donors (Lipinski definition) is 2. The molecule has 1 heterocycles. The second-order valence-electron chi connectivity index (χ2n) is 10.0. The van der Waals surface area contributed by atoms with Crippen molar-refractivity contribution in [3.8, 4) is 16.9 Å². The van der Waals surface area contributed by atoms with Crippen LogP contribution in [0.5, 0.6) is 5.75 Å². The minimum atomic E-state index is -0.938. The normalized spacial score (nSPS) is 11.8. The van der Waals surface area contributed by atoms with Gasteiger partial charge in [0.1, 0.15) is 5.75 Å². The standard InChI is InChI=1S/C34H32N2O4/c1-21-23(3)36(20-24-12-14-25(15-13-24)29-10-5-6-11-30(29)34(38)39)32-17-16-27(19-31(21)32)33(37)35-22(2)26-8-7-9-28(18-26)40-4/h5-19,22H,20H2,1-4H3,(H,35,37)(H,38,39)/t22-/m1/s1. The van der Waals surface area contributed by atoms with Crippen LogP contribution in [0.2, 0.25) is 0 Å². The Morgan fingerprint density at radius 2 is 1.68 bits per heavy atom. The van der Waals surface area contributed by atoms with Gasteiger partial charge in [-0.05, 0) is 85.0 Å². The molecule has 0 aliphatic carbocycles. The lowest BCUT2D eigenvalue weighted by molar-refractivity contribution is 0.0697. The fourth-order valence-electron chi connectivity index (χ4n) is 5.16. The molecule has 0 saturated carbocycles. The van der Waals surface area contributed by atoms with Crippen molar-refractivity contribution in [2.45, 2.75) is 33.4 Å². The number of rotatable bonds is 8. The second kappa shape index (κ2) is 11.1. The van der Waals surface area contributed by atoms with Crippen LogP contribution in [-0.4, -0.2) is 28.7 Å². The summed E-state index contributed by atoms with van der Waals surface area (Å²) >= 11 is 0. The molecular formula is C34H32N2O4. The largest absolute Gasteiger partial charge is 0.497 e. The third-order valence-electron chi connectivity index (χ3n) is 7.61. The third-order valence-corrected chi connectivity index (χ3v) is 7.61. The number of amides is 1. The summed E-state index contributed by atoms with van der Waals surface area (Å²) in [6, 6.07) is 28.4. The number of hydrogen-bond acceptors (Lipinski definition) is 3. The van der Waals surface area contributed by atoms with Gasteiger partial charge >= 0.3 is 5.97 Å². The summed E-state index contributed by atoms with van der Waals surface area (Å²) in [5.74, 6) is -0.307. The molecule has 0 aliphatic rings. The molecule has 0 saturated heterocycles. The lowest BCUT2D eigenvalue weighted by Gasteiger charge is -2.15. The quantitative estimate of drug-likeness (QED) is 0.222. The first-order valence-electron chi connectivity index (χ1n) is 13.2. The second-order valence-corrected chi connectivity index (χ2v) is 10.0. The minimum absolute atomic E-state index is 0.126. The molecule has 40 heavy (non-hydrogen) atoms. The van der Waals surface area contributed by atoms with E-state index in [0.29, 0.717) is 17.7 Å². The number of nitrogens with zero attached hydrogens (tertiary/aromatic N) is 1. The Hall–Kier alpha value is -4.84. The summed E-state index contributed by atoms with van der Waals surface area (Å²) in [6.07, 6.45) is 0. The van der Waals surface area contributed by atoms with Gasteiger partial charge in [0.2, 0.25) is 0 Å². The molecule has 0 unspecified atom stereocenters. The highest BCUT2D eigenvalue weighted by Crippen LogP contribution is 2.29. The van der Waals surface area contributed by atoms with Gasteiger partial charge in [0.25, 0.3) is 5.91 Å². The van der Waals surface area contributed by atoms with E-state index >= 15 is 0 Å². The highest BCUT2D eigenvalue weighted by atomic mass is 16.5. The number of carbonyl (C=O) groups is 2. The van der Waals surface area contributed by atoms with Crippen molar-refractivity contribution in [1.29, 1.82) is 0 Å². The van der Waals surface area contributed by atoms with Crippen LogP contribution in [0.25, 0.3) is 22.0 Å². The molecule has 0 fully saturated rings. The molecule has 4 aromatic carbocycles. The summed E-state index contributed by atoms with van der Waals surface area (Å²) in [5, 5.41) is 13.7. The van der Waals surface area contributed by atoms with Crippen molar-refractivity contribution < 1.29 is 19.4 Å². The van der Waals surface area contributed by atoms with Crippen LogP contribution < -0.4 is 10.1 Å². The SMILES string of the molecule is COc1cccc([C@@H](C)NC(=O)c2ccc3c(c2)c(C)c(C)n3Cc2ccc(-c3ccccc3C(=O)O)cc2)c1. The van der Waals surface area contributed by atoms with Gasteiger partial charge < -0.3 is 19.7 Å². The molecule has 5 rings (SSSR count). The van der Waals surface area contributed by atoms with Crippen LogP contribution in [-0.2, 0) is 6.54 Å². The molecule has 6 heteroatoms. The topological polar surface area (TPSA) is 80.6 Å². The van der Waals surface area contributed by atoms with Gasteiger partial charge in [0.15, 0.2) is 0 Å². The fraction of sp³-hybridized carbons (Fsp3) is 0.176. The fourth-order valence-corrected chi connectivity index (χ4v) is 5.16. The van der Waals surface area contributed by atoms with Crippen molar-refractivity contribution in [3.05, 3.63) is 125 Å². The number of methoxy groups -OCH3 is 1. The molecule has 1 atom stereocenters. The maximum Gasteiger partial charge on any atom is 0.336 e. The average molecular weight is 533 g/mol. The number of aromatic carboxylic acids is 1. The molecule has 1 amide bonds. The van der Waals surface area contributed by atoms with Crippen LogP contribution >= 0.6 is 0 Å². The summed E-state index contributed by atoms with van der Waals surface area (Å²) in [7, 11) is 1.63. The Labute approximate surface area is 233 Å². The van der Waals surface area contributed by atoms with Crippen molar-refractivity contribution >= 4 is 22.8 Å². The number of nitrogens with one attached hydrogen (secondary N) is 1. The van der Waals surface area contributed by atoms with E-state index in [2.05, 4.69) is 23.7 Å². The predicted octanol–water partition coefficient (Wildman–Crippen LogP) is 7.17. The Balaban J connectivity index is 1.38. The first-order valence-corrected chi connectivity index (χ1v) is 13.2.